The van der Waals surface area contributed by atoms with Gasteiger partial charge in [-0.1, -0.05) is 11.6 Å². The minimum absolute atomic E-state index is 0.0688. The van der Waals surface area contributed by atoms with Crippen LogP contribution in [0.1, 0.15) is 6.23 Å². The highest BCUT2D eigenvalue weighted by molar-refractivity contribution is 8.00. The number of aliphatic hydroxyl groups excluding tert-OH is 1. The number of aromatic nitrogens is 2. The molecule has 0 aromatic carbocycles. The maximum Gasteiger partial charge on any atom is 0.330 e. The Hall–Kier alpha value is -0.760. The van der Waals surface area contributed by atoms with E-state index in [2.05, 4.69) is 4.98 Å². The molecule has 0 radical (unpaired) electrons. The van der Waals surface area contributed by atoms with Gasteiger partial charge in [-0.2, -0.15) is 0 Å². The molecule has 1 aliphatic rings. The van der Waals surface area contributed by atoms with Crippen LogP contribution in [0.25, 0.3) is 0 Å². The highest BCUT2D eigenvalue weighted by Crippen LogP contribution is 2.30. The van der Waals surface area contributed by atoms with Gasteiger partial charge in [0, 0.05) is 11.9 Å². The largest absolute Gasteiger partial charge is 0.393 e. The molecule has 0 aliphatic carbocycles. The van der Waals surface area contributed by atoms with Crippen LogP contribution >= 0.6 is 23.4 Å². The monoisotopic (exact) mass is 264 g/mol. The van der Waals surface area contributed by atoms with Crippen LogP contribution in [-0.2, 0) is 4.74 Å². The molecular formula is C8H9ClN2O4S. The lowest BCUT2D eigenvalue weighted by atomic mass is 10.5. The number of nitrogens with one attached hydrogen (secondary N) is 1. The van der Waals surface area contributed by atoms with Gasteiger partial charge in [0.1, 0.15) is 16.7 Å². The van der Waals surface area contributed by atoms with E-state index in [1.54, 1.807) is 0 Å². The zero-order valence-electron chi connectivity index (χ0n) is 8.05. The topological polar surface area (TPSA) is 84.3 Å². The lowest BCUT2D eigenvalue weighted by Crippen LogP contribution is -2.33. The summed E-state index contributed by atoms with van der Waals surface area (Å²) < 4.78 is 6.58. The molecule has 16 heavy (non-hydrogen) atoms. The molecule has 0 spiro atoms. The number of hydrogen-bond acceptors (Lipinski definition) is 5. The fraction of sp³-hybridized carbons (Fsp3) is 0.500. The molecule has 0 bridgehead atoms. The van der Waals surface area contributed by atoms with Crippen LogP contribution in [0.4, 0.5) is 0 Å². The molecule has 2 heterocycles. The van der Waals surface area contributed by atoms with Crippen molar-refractivity contribution in [3.8, 4) is 0 Å². The lowest BCUT2D eigenvalue weighted by Gasteiger charge is -2.13. The highest BCUT2D eigenvalue weighted by Gasteiger charge is 2.27. The van der Waals surface area contributed by atoms with Crippen molar-refractivity contribution in [2.75, 3.05) is 12.4 Å². The molecule has 1 saturated heterocycles. The van der Waals surface area contributed by atoms with Crippen LogP contribution in [0.15, 0.2) is 15.8 Å². The van der Waals surface area contributed by atoms with Crippen LogP contribution in [0.5, 0.6) is 0 Å². The molecule has 88 valence electrons. The zero-order chi connectivity index (χ0) is 11.7. The fourth-order valence-corrected chi connectivity index (χ4v) is 2.44. The minimum atomic E-state index is -0.618. The number of aliphatic hydroxyl groups is 1. The fourth-order valence-electron chi connectivity index (χ4n) is 1.36. The first-order valence-corrected chi connectivity index (χ1v) is 5.93. The van der Waals surface area contributed by atoms with Crippen LogP contribution in [-0.4, -0.2) is 32.5 Å². The second-order valence-corrected chi connectivity index (χ2v) is 4.78. The van der Waals surface area contributed by atoms with E-state index >= 15 is 0 Å². The molecule has 1 fully saturated rings. The first kappa shape index (κ1) is 11.7. The van der Waals surface area contributed by atoms with Crippen molar-refractivity contribution >= 4 is 23.4 Å². The summed E-state index contributed by atoms with van der Waals surface area (Å²) in [5, 5.41) is 8.81. The van der Waals surface area contributed by atoms with Gasteiger partial charge in [0.15, 0.2) is 0 Å². The molecule has 2 N–H and O–H groups in total. The molecule has 0 unspecified atom stereocenters. The summed E-state index contributed by atoms with van der Waals surface area (Å²) in [4.78, 5) is 24.6. The highest BCUT2D eigenvalue weighted by atomic mass is 35.5. The molecular weight excluding hydrogens is 256 g/mol. The van der Waals surface area contributed by atoms with E-state index < -0.39 is 17.5 Å². The van der Waals surface area contributed by atoms with Gasteiger partial charge < -0.3 is 9.84 Å². The second kappa shape index (κ2) is 4.62. The van der Waals surface area contributed by atoms with E-state index in [4.69, 9.17) is 21.4 Å². The third kappa shape index (κ3) is 2.17. The van der Waals surface area contributed by atoms with E-state index in [0.717, 1.165) is 0 Å². The van der Waals surface area contributed by atoms with Gasteiger partial charge in [0.05, 0.1) is 6.61 Å². The van der Waals surface area contributed by atoms with Crippen LogP contribution < -0.4 is 11.2 Å². The maximum absolute atomic E-state index is 11.5. The predicted molar refractivity (Wildman–Crippen MR) is 59.8 cm³/mol. The third-order valence-electron chi connectivity index (χ3n) is 2.12. The van der Waals surface area contributed by atoms with Crippen molar-refractivity contribution in [1.29, 1.82) is 0 Å². The SMILES string of the molecule is O=c1[nH]c(=O)n([C@H]2CS[C@@H](CO)O2)cc1Cl. The van der Waals surface area contributed by atoms with Crippen molar-refractivity contribution in [2.45, 2.75) is 11.7 Å². The van der Waals surface area contributed by atoms with E-state index in [0.29, 0.717) is 5.75 Å². The predicted octanol–water partition coefficient (Wildman–Crippen LogP) is -0.230. The minimum Gasteiger partial charge on any atom is -0.393 e. The summed E-state index contributed by atoms with van der Waals surface area (Å²) in [6, 6.07) is 0. The number of hydrogen-bond donors (Lipinski definition) is 2. The number of rotatable bonds is 2. The molecule has 6 nitrogen and oxygen atoms in total. The van der Waals surface area contributed by atoms with Crippen LogP contribution in [0.2, 0.25) is 5.02 Å². The maximum atomic E-state index is 11.5. The Balaban J connectivity index is 2.32. The summed E-state index contributed by atoms with van der Waals surface area (Å²) in [5.41, 5.74) is -1.53. The molecule has 8 heteroatoms. The number of thioether (sulfide) groups is 1. The van der Waals surface area contributed by atoms with Gasteiger partial charge in [-0.05, 0) is 0 Å². The molecule has 2 atom stereocenters. The third-order valence-corrected chi connectivity index (χ3v) is 3.50. The first-order chi connectivity index (χ1) is 7.61. The van der Waals surface area contributed by atoms with Crippen molar-refractivity contribution in [2.24, 2.45) is 0 Å². The van der Waals surface area contributed by atoms with E-state index in [1.807, 2.05) is 0 Å². The average Bonchev–Trinajstić information content (AvgIpc) is 2.71. The number of H-pyrrole nitrogens is 1. The summed E-state index contributed by atoms with van der Waals surface area (Å²) in [6.07, 6.45) is 0.734. The normalized spacial score (nSPS) is 24.9. The Bertz CT molecular complexity index is 500. The standard InChI is InChI=1S/C8H9ClN2O4S/c9-4-1-11(8(14)10-7(4)13)5-3-16-6(2-12)15-5/h1,5-6,12H,2-3H2,(H,10,13,14)/t5-,6+/m1/s1. The molecule has 1 aromatic rings. The van der Waals surface area contributed by atoms with Crippen LogP contribution in [0.3, 0.4) is 0 Å². The van der Waals surface area contributed by atoms with Gasteiger partial charge in [-0.3, -0.25) is 14.3 Å². The van der Waals surface area contributed by atoms with Gasteiger partial charge >= 0.3 is 5.69 Å². The van der Waals surface area contributed by atoms with Gasteiger partial charge in [-0.15, -0.1) is 11.8 Å². The smallest absolute Gasteiger partial charge is 0.330 e. The number of halogens is 1. The number of ether oxygens (including phenoxy) is 1. The summed E-state index contributed by atoms with van der Waals surface area (Å²) in [7, 11) is 0. The second-order valence-electron chi connectivity index (χ2n) is 3.18. The Morgan fingerprint density at radius 1 is 1.69 bits per heavy atom. The molecule has 2 rings (SSSR count). The summed E-state index contributed by atoms with van der Waals surface area (Å²) >= 11 is 7.02. The van der Waals surface area contributed by atoms with E-state index in [9.17, 15) is 9.59 Å². The van der Waals surface area contributed by atoms with Gasteiger partial charge in [0.2, 0.25) is 0 Å². The Kier molecular flexibility index (Phi) is 3.38. The van der Waals surface area contributed by atoms with Crippen molar-refractivity contribution in [3.63, 3.8) is 0 Å². The van der Waals surface area contributed by atoms with Crippen molar-refractivity contribution < 1.29 is 9.84 Å². The average molecular weight is 265 g/mol. The quantitative estimate of drug-likeness (QED) is 0.771. The first-order valence-electron chi connectivity index (χ1n) is 4.50. The molecule has 1 aliphatic heterocycles. The Morgan fingerprint density at radius 3 is 3.06 bits per heavy atom. The van der Waals surface area contributed by atoms with Crippen molar-refractivity contribution in [3.05, 3.63) is 32.1 Å². The van der Waals surface area contributed by atoms with E-state index in [1.165, 1.54) is 22.5 Å². The summed E-state index contributed by atoms with van der Waals surface area (Å²) in [6.45, 7) is -0.118. The molecule has 0 saturated carbocycles. The Labute approximate surface area is 99.2 Å². The van der Waals surface area contributed by atoms with E-state index in [-0.39, 0.29) is 17.1 Å². The summed E-state index contributed by atoms with van der Waals surface area (Å²) in [5.74, 6) is 0.521. The lowest BCUT2D eigenvalue weighted by molar-refractivity contribution is -0.00639. The van der Waals surface area contributed by atoms with Gasteiger partial charge in [0.25, 0.3) is 5.56 Å². The number of aromatic amines is 1. The van der Waals surface area contributed by atoms with Crippen LogP contribution in [0, 0.1) is 0 Å². The number of nitrogens with zero attached hydrogens (tertiary/aromatic N) is 1. The Morgan fingerprint density at radius 2 is 2.44 bits per heavy atom. The molecule has 0 amide bonds. The van der Waals surface area contributed by atoms with Crippen molar-refractivity contribution in [1.82, 2.24) is 9.55 Å². The molecule has 1 aromatic heterocycles. The zero-order valence-corrected chi connectivity index (χ0v) is 9.62. The van der Waals surface area contributed by atoms with Gasteiger partial charge in [-0.25, -0.2) is 4.79 Å².